The minimum absolute atomic E-state index is 0.0562. The largest absolute Gasteiger partial charge is 0.337 e. The van der Waals surface area contributed by atoms with E-state index in [4.69, 9.17) is 0 Å². The first kappa shape index (κ1) is 9.58. The molecule has 70 valence electrons. The van der Waals surface area contributed by atoms with Crippen molar-refractivity contribution in [3.05, 3.63) is 34.7 Å². The number of H-pyrrole nitrogens is 1. The molecule has 1 N–H and O–H groups in total. The molecule has 3 heteroatoms. The molecule has 2 aromatic heterocycles. The second-order valence-electron chi connectivity index (χ2n) is 2.55. The second-order valence-corrected chi connectivity index (χ2v) is 2.55. The number of aryl methyl sites for hydroxylation is 1. The van der Waals surface area contributed by atoms with Gasteiger partial charge < -0.3 is 9.55 Å². The van der Waals surface area contributed by atoms with Gasteiger partial charge in [0, 0.05) is 24.7 Å². The zero-order valence-electron chi connectivity index (χ0n) is 8.16. The molecule has 2 heterocycles. The average molecular weight is 178 g/mol. The van der Waals surface area contributed by atoms with Crippen LogP contribution in [-0.2, 0) is 7.05 Å². The molecule has 0 saturated carbocycles. The molecule has 0 bridgehead atoms. The van der Waals surface area contributed by atoms with Crippen molar-refractivity contribution in [3.8, 4) is 0 Å². The molecule has 0 saturated heterocycles. The Morgan fingerprint density at radius 2 is 1.92 bits per heavy atom. The first-order valence-electron chi connectivity index (χ1n) is 4.42. The summed E-state index contributed by atoms with van der Waals surface area (Å²) in [6.45, 7) is 4.00. The minimum atomic E-state index is -0.0562. The van der Waals surface area contributed by atoms with E-state index in [1.54, 1.807) is 0 Å². The highest BCUT2D eigenvalue weighted by molar-refractivity contribution is 5.75. The lowest BCUT2D eigenvalue weighted by atomic mass is 10.3. The van der Waals surface area contributed by atoms with Gasteiger partial charge in [-0.15, -0.1) is 0 Å². The van der Waals surface area contributed by atoms with Gasteiger partial charge in [-0.1, -0.05) is 13.8 Å². The van der Waals surface area contributed by atoms with Crippen molar-refractivity contribution < 1.29 is 0 Å². The first-order valence-corrected chi connectivity index (χ1v) is 4.42. The Kier molecular flexibility index (Phi) is 2.90. The normalized spacial score (nSPS) is 9.46. The van der Waals surface area contributed by atoms with Gasteiger partial charge in [-0.2, -0.15) is 0 Å². The highest BCUT2D eigenvalue weighted by Crippen LogP contribution is 2.07. The Bertz CT molecular complexity index is 439. The third-order valence-corrected chi connectivity index (χ3v) is 1.76. The molecular weight excluding hydrogens is 164 g/mol. The smallest absolute Gasteiger partial charge is 0.249 e. The summed E-state index contributed by atoms with van der Waals surface area (Å²) in [7, 11) is 1.90. The van der Waals surface area contributed by atoms with Gasteiger partial charge in [0.15, 0.2) is 0 Å². The fourth-order valence-corrected chi connectivity index (χ4v) is 1.17. The van der Waals surface area contributed by atoms with Gasteiger partial charge in [0.25, 0.3) is 0 Å². The van der Waals surface area contributed by atoms with E-state index in [9.17, 15) is 4.79 Å². The lowest BCUT2D eigenvalue weighted by Gasteiger charge is -1.92. The third kappa shape index (κ3) is 1.80. The SMILES string of the molecule is CC.Cn1ccc2ccc(=O)[nH]c21. The lowest BCUT2D eigenvalue weighted by Crippen LogP contribution is -2.03. The van der Waals surface area contributed by atoms with Crippen LogP contribution in [0.1, 0.15) is 13.8 Å². The summed E-state index contributed by atoms with van der Waals surface area (Å²) in [5.41, 5.74) is 0.816. The molecule has 0 fully saturated rings. The van der Waals surface area contributed by atoms with E-state index in [2.05, 4.69) is 4.98 Å². The van der Waals surface area contributed by atoms with Gasteiger partial charge in [0.2, 0.25) is 5.56 Å². The monoisotopic (exact) mass is 178 g/mol. The number of nitrogens with zero attached hydrogens (tertiary/aromatic N) is 1. The number of hydrogen-bond acceptors (Lipinski definition) is 1. The Morgan fingerprint density at radius 3 is 2.62 bits per heavy atom. The molecule has 13 heavy (non-hydrogen) atoms. The summed E-state index contributed by atoms with van der Waals surface area (Å²) in [6, 6.07) is 5.31. The van der Waals surface area contributed by atoms with E-state index in [1.165, 1.54) is 6.07 Å². The van der Waals surface area contributed by atoms with Gasteiger partial charge >= 0.3 is 0 Å². The third-order valence-electron chi connectivity index (χ3n) is 1.76. The van der Waals surface area contributed by atoms with E-state index < -0.39 is 0 Å². The fraction of sp³-hybridized carbons (Fsp3) is 0.300. The van der Waals surface area contributed by atoms with E-state index in [-0.39, 0.29) is 5.56 Å². The maximum absolute atomic E-state index is 10.9. The quantitative estimate of drug-likeness (QED) is 0.657. The Hall–Kier alpha value is -1.51. The van der Waals surface area contributed by atoms with Crippen molar-refractivity contribution in [2.24, 2.45) is 7.05 Å². The molecule has 3 nitrogen and oxygen atoms in total. The summed E-state index contributed by atoms with van der Waals surface area (Å²) in [6.07, 6.45) is 1.92. The van der Waals surface area contributed by atoms with Crippen LogP contribution in [0.5, 0.6) is 0 Å². The van der Waals surface area contributed by atoms with Crippen LogP contribution in [0, 0.1) is 0 Å². The molecule has 0 amide bonds. The van der Waals surface area contributed by atoms with E-state index in [0.29, 0.717) is 0 Å². The van der Waals surface area contributed by atoms with Gasteiger partial charge in [-0.3, -0.25) is 4.79 Å². The highest BCUT2D eigenvalue weighted by atomic mass is 16.1. The summed E-state index contributed by atoms with van der Waals surface area (Å²) < 4.78 is 1.89. The molecule has 2 aromatic rings. The highest BCUT2D eigenvalue weighted by Gasteiger charge is 1.95. The van der Waals surface area contributed by atoms with E-state index >= 15 is 0 Å². The molecule has 0 radical (unpaired) electrons. The molecule has 0 aliphatic carbocycles. The topological polar surface area (TPSA) is 37.8 Å². The second kappa shape index (κ2) is 3.94. The molecule has 0 aliphatic heterocycles. The fourth-order valence-electron chi connectivity index (χ4n) is 1.17. The van der Waals surface area contributed by atoms with Crippen LogP contribution in [-0.4, -0.2) is 9.55 Å². The van der Waals surface area contributed by atoms with E-state index in [1.807, 2.05) is 43.8 Å². The predicted molar refractivity (Wildman–Crippen MR) is 54.9 cm³/mol. The van der Waals surface area contributed by atoms with Crippen molar-refractivity contribution in [2.75, 3.05) is 0 Å². The number of aromatic nitrogens is 2. The molecule has 0 spiro atoms. The van der Waals surface area contributed by atoms with Crippen LogP contribution in [0.4, 0.5) is 0 Å². The van der Waals surface area contributed by atoms with Crippen LogP contribution in [0.2, 0.25) is 0 Å². The number of rotatable bonds is 0. The standard InChI is InChI=1S/C8H8N2O.C2H6/c1-10-5-4-6-2-3-7(11)9-8(6)10;1-2/h2-5H,1H3,(H,9,11);1-2H3. The summed E-state index contributed by atoms with van der Waals surface area (Å²) in [5, 5.41) is 1.06. The van der Waals surface area contributed by atoms with Crippen LogP contribution >= 0.6 is 0 Å². The van der Waals surface area contributed by atoms with Gasteiger partial charge in [-0.25, -0.2) is 0 Å². The maximum atomic E-state index is 10.9. The molecular formula is C10H14N2O. The van der Waals surface area contributed by atoms with Crippen LogP contribution < -0.4 is 5.56 Å². The zero-order chi connectivity index (χ0) is 9.84. The molecule has 0 atom stereocenters. The zero-order valence-corrected chi connectivity index (χ0v) is 8.16. The molecule has 0 aliphatic rings. The van der Waals surface area contributed by atoms with Crippen molar-refractivity contribution in [2.45, 2.75) is 13.8 Å². The van der Waals surface area contributed by atoms with Crippen LogP contribution in [0.15, 0.2) is 29.2 Å². The molecule has 0 unspecified atom stereocenters. The van der Waals surface area contributed by atoms with Crippen molar-refractivity contribution in [1.82, 2.24) is 9.55 Å². The summed E-state index contributed by atoms with van der Waals surface area (Å²) >= 11 is 0. The summed E-state index contributed by atoms with van der Waals surface area (Å²) in [4.78, 5) is 13.6. The average Bonchev–Trinajstić information content (AvgIpc) is 2.52. The van der Waals surface area contributed by atoms with Gasteiger partial charge in [0.05, 0.1) is 0 Å². The van der Waals surface area contributed by atoms with Crippen LogP contribution in [0.25, 0.3) is 11.0 Å². The predicted octanol–water partition coefficient (Wildman–Crippen LogP) is 1.89. The maximum Gasteiger partial charge on any atom is 0.249 e. The summed E-state index contributed by atoms with van der Waals surface area (Å²) in [5.74, 6) is 0. The Labute approximate surface area is 77.0 Å². The first-order chi connectivity index (χ1) is 6.27. The Balaban J connectivity index is 0.000000396. The number of hydrogen-bond donors (Lipinski definition) is 1. The minimum Gasteiger partial charge on any atom is -0.337 e. The van der Waals surface area contributed by atoms with E-state index in [0.717, 1.165) is 11.0 Å². The van der Waals surface area contributed by atoms with Crippen LogP contribution in [0.3, 0.4) is 0 Å². The van der Waals surface area contributed by atoms with Crippen molar-refractivity contribution in [1.29, 1.82) is 0 Å². The Morgan fingerprint density at radius 1 is 1.23 bits per heavy atom. The number of pyridine rings is 1. The lowest BCUT2D eigenvalue weighted by molar-refractivity contribution is 0.944. The number of fused-ring (bicyclic) bond motifs is 1. The van der Waals surface area contributed by atoms with Crippen molar-refractivity contribution in [3.63, 3.8) is 0 Å². The number of aromatic amines is 1. The van der Waals surface area contributed by atoms with Gasteiger partial charge in [-0.05, 0) is 12.1 Å². The molecule has 2 rings (SSSR count). The van der Waals surface area contributed by atoms with Crippen molar-refractivity contribution >= 4 is 11.0 Å². The number of nitrogens with one attached hydrogen (secondary N) is 1. The molecule has 0 aromatic carbocycles. The van der Waals surface area contributed by atoms with Gasteiger partial charge in [0.1, 0.15) is 5.65 Å².